The van der Waals surface area contributed by atoms with Gasteiger partial charge in [-0.1, -0.05) is 52.0 Å². The van der Waals surface area contributed by atoms with Gasteiger partial charge >= 0.3 is 0 Å². The molecule has 7 heteroatoms. The second-order valence-electron chi connectivity index (χ2n) is 4.62. The maximum absolute atomic E-state index is 10.2. The minimum atomic E-state index is -4.01. The fourth-order valence-electron chi connectivity index (χ4n) is 1.77. The number of azo groups is 1. The van der Waals surface area contributed by atoms with Crippen LogP contribution in [0.3, 0.4) is 0 Å². The number of nitrogens with zero attached hydrogens (tertiary/aromatic N) is 2. The van der Waals surface area contributed by atoms with E-state index in [1.807, 2.05) is 27.7 Å². The van der Waals surface area contributed by atoms with Gasteiger partial charge in [0.05, 0.1) is 10.9 Å². The third kappa shape index (κ3) is 5.76. The number of aromatic hydroxyl groups is 1. The molecule has 0 aliphatic rings. The summed E-state index contributed by atoms with van der Waals surface area (Å²) in [6.45, 7) is 11.6. The normalized spacial score (nSPS) is 11.8. The van der Waals surface area contributed by atoms with Gasteiger partial charge in [-0.25, -0.2) is 0 Å². The van der Waals surface area contributed by atoms with Gasteiger partial charge in [0, 0.05) is 5.39 Å². The lowest BCUT2D eigenvalue weighted by atomic mass is 10.1. The van der Waals surface area contributed by atoms with Gasteiger partial charge in [0.15, 0.2) is 5.75 Å². The van der Waals surface area contributed by atoms with Crippen molar-refractivity contribution >= 4 is 27.3 Å². The molecule has 0 spiro atoms. The number of phenols is 1. The molecule has 0 radical (unpaired) electrons. The molecule has 136 valence electrons. The summed E-state index contributed by atoms with van der Waals surface area (Å²) >= 11 is 0. The molecule has 0 bridgehead atoms. The molecule has 0 heterocycles. The van der Waals surface area contributed by atoms with E-state index >= 15 is 0 Å². The predicted molar refractivity (Wildman–Crippen MR) is 102 cm³/mol. The summed E-state index contributed by atoms with van der Waals surface area (Å²) in [6.07, 6.45) is 0. The van der Waals surface area contributed by atoms with Crippen LogP contribution in [0.25, 0.3) is 10.8 Å². The van der Waals surface area contributed by atoms with Crippen LogP contribution in [0.5, 0.6) is 5.75 Å². The van der Waals surface area contributed by atoms with Gasteiger partial charge in [-0.05, 0) is 25.3 Å². The highest BCUT2D eigenvalue weighted by atomic mass is 32.3. The van der Waals surface area contributed by atoms with Crippen LogP contribution in [0.4, 0.5) is 5.69 Å². The summed E-state index contributed by atoms with van der Waals surface area (Å²) in [4.78, 5) is -0.238. The fraction of sp³-hybridized carbons (Fsp3) is 0.412. The smallest absolute Gasteiger partial charge is 0.152 e. The molecule has 2 aromatic rings. The third-order valence-corrected chi connectivity index (χ3v) is 3.55. The predicted octanol–water partition coefficient (Wildman–Crippen LogP) is 6.67. The van der Waals surface area contributed by atoms with Crippen LogP contribution in [0.2, 0.25) is 0 Å². The van der Waals surface area contributed by atoms with Crippen molar-refractivity contribution in [2.45, 2.75) is 52.5 Å². The molecule has 4 N–H and O–H groups in total. The second kappa shape index (κ2) is 10.2. The Morgan fingerprint density at radius 1 is 0.958 bits per heavy atom. The Hall–Kier alpha value is -1.67. The van der Waals surface area contributed by atoms with Gasteiger partial charge in [-0.15, -0.1) is 0 Å². The number of fused-ring (bicyclic) bond motifs is 1. The van der Waals surface area contributed by atoms with Gasteiger partial charge in [-0.3, -0.25) is 0 Å². The number of hydrogen-bond acceptors (Lipinski definition) is 6. The molecule has 0 aliphatic carbocycles. The van der Waals surface area contributed by atoms with E-state index in [2.05, 4.69) is 10.2 Å². The zero-order valence-electron chi connectivity index (χ0n) is 15.1. The molecule has 0 saturated heterocycles. The lowest BCUT2D eigenvalue weighted by molar-refractivity contribution is 0.375. The highest BCUT2D eigenvalue weighted by molar-refractivity contribution is 8.19. The van der Waals surface area contributed by atoms with Crippen LogP contribution in [0.15, 0.2) is 45.5 Å². The van der Waals surface area contributed by atoms with Crippen molar-refractivity contribution in [2.75, 3.05) is 0 Å². The van der Waals surface area contributed by atoms with Gasteiger partial charge in [0.25, 0.3) is 0 Å². The molecule has 0 aromatic heterocycles. The summed E-state index contributed by atoms with van der Waals surface area (Å²) < 4.78 is 28.5. The van der Waals surface area contributed by atoms with Crippen molar-refractivity contribution < 1.29 is 18.8 Å². The zero-order valence-corrected chi connectivity index (χ0v) is 15.9. The molecule has 2 aromatic carbocycles. The molecular weight excluding hydrogens is 328 g/mol. The van der Waals surface area contributed by atoms with Crippen molar-refractivity contribution in [1.82, 2.24) is 0 Å². The van der Waals surface area contributed by atoms with E-state index in [4.69, 9.17) is 0 Å². The SMILES string of the molecule is CC.CC.CC(C)N=Nc1c(S(O)(O)O)cc2ccccc2c1O. The number of phenolic OH excluding ortho intramolecular Hbond substituents is 1. The summed E-state index contributed by atoms with van der Waals surface area (Å²) in [5.41, 5.74) is -0.125. The van der Waals surface area contributed by atoms with Crippen molar-refractivity contribution in [2.24, 2.45) is 10.2 Å². The largest absolute Gasteiger partial charge is 0.505 e. The number of hydrogen-bond donors (Lipinski definition) is 4. The minimum absolute atomic E-state index is 0.125. The van der Waals surface area contributed by atoms with Crippen LogP contribution in [-0.2, 0) is 0 Å². The fourth-order valence-corrected chi connectivity index (χ4v) is 2.45. The first-order valence-electron chi connectivity index (χ1n) is 7.97. The van der Waals surface area contributed by atoms with Crippen LogP contribution in [0, 0.1) is 0 Å². The lowest BCUT2D eigenvalue weighted by Gasteiger charge is -2.22. The average molecular weight is 356 g/mol. The van der Waals surface area contributed by atoms with E-state index in [-0.39, 0.29) is 22.4 Å². The Labute approximate surface area is 145 Å². The molecule has 6 nitrogen and oxygen atoms in total. The topological polar surface area (TPSA) is 106 Å². The first kappa shape index (κ1) is 22.3. The molecule has 0 aliphatic heterocycles. The van der Waals surface area contributed by atoms with E-state index in [0.717, 1.165) is 0 Å². The number of benzene rings is 2. The maximum Gasteiger partial charge on any atom is 0.152 e. The van der Waals surface area contributed by atoms with Crippen molar-refractivity contribution in [1.29, 1.82) is 0 Å². The van der Waals surface area contributed by atoms with Crippen molar-refractivity contribution in [3.05, 3.63) is 30.3 Å². The first-order chi connectivity index (χ1) is 11.3. The Balaban J connectivity index is 0.00000123. The van der Waals surface area contributed by atoms with E-state index in [9.17, 15) is 18.8 Å². The molecule has 24 heavy (non-hydrogen) atoms. The Bertz CT molecular complexity index is 667. The molecule has 0 saturated carbocycles. The highest BCUT2D eigenvalue weighted by Crippen LogP contribution is 2.53. The molecule has 0 atom stereocenters. The average Bonchev–Trinajstić information content (AvgIpc) is 2.56. The number of rotatable bonds is 3. The second-order valence-corrected chi connectivity index (χ2v) is 6.10. The van der Waals surface area contributed by atoms with Crippen molar-refractivity contribution in [3.8, 4) is 5.75 Å². The molecule has 0 unspecified atom stereocenters. The maximum atomic E-state index is 10.2. The van der Waals surface area contributed by atoms with E-state index in [0.29, 0.717) is 10.8 Å². The van der Waals surface area contributed by atoms with Crippen LogP contribution < -0.4 is 0 Å². The van der Waals surface area contributed by atoms with Gasteiger partial charge in [0.2, 0.25) is 0 Å². The first-order valence-corrected chi connectivity index (χ1v) is 9.47. The molecule has 0 fully saturated rings. The molecule has 0 amide bonds. The zero-order chi connectivity index (χ0) is 18.9. The summed E-state index contributed by atoms with van der Waals surface area (Å²) in [5, 5.41) is 19.0. The van der Waals surface area contributed by atoms with E-state index in [1.54, 1.807) is 38.1 Å². The third-order valence-electron chi connectivity index (χ3n) is 2.64. The summed E-state index contributed by atoms with van der Waals surface area (Å²) in [5.74, 6) is -0.239. The van der Waals surface area contributed by atoms with Crippen molar-refractivity contribution in [3.63, 3.8) is 0 Å². The van der Waals surface area contributed by atoms with E-state index in [1.165, 1.54) is 6.07 Å². The summed E-state index contributed by atoms with van der Waals surface area (Å²) in [6, 6.07) is 8.10. The highest BCUT2D eigenvalue weighted by Gasteiger charge is 2.25. The van der Waals surface area contributed by atoms with Gasteiger partial charge < -0.3 is 18.8 Å². The monoisotopic (exact) mass is 356 g/mol. The Morgan fingerprint density at radius 2 is 1.50 bits per heavy atom. The van der Waals surface area contributed by atoms with Crippen LogP contribution in [0.1, 0.15) is 41.5 Å². The van der Waals surface area contributed by atoms with Crippen LogP contribution >= 0.6 is 10.9 Å². The Morgan fingerprint density at radius 3 is 2.00 bits per heavy atom. The molecule has 2 rings (SSSR count). The lowest BCUT2D eigenvalue weighted by Crippen LogP contribution is -1.97. The van der Waals surface area contributed by atoms with Crippen LogP contribution in [-0.4, -0.2) is 24.8 Å². The molecular formula is C17H28N2O4S. The van der Waals surface area contributed by atoms with E-state index < -0.39 is 10.9 Å². The van der Waals surface area contributed by atoms with Gasteiger partial charge in [-0.2, -0.15) is 10.2 Å². The quantitative estimate of drug-likeness (QED) is 0.461. The standard InChI is InChI=1S/C13H16N2O4S.2C2H6/c1-8(2)14-15-12-11(20(17,18)19)7-9-5-3-4-6-10(9)13(12)16;2*1-2/h3-8,16-19H,1-2H3;2*1-2H3. The Kier molecular flexibility index (Phi) is 9.53. The summed E-state index contributed by atoms with van der Waals surface area (Å²) in [7, 11) is -4.01. The van der Waals surface area contributed by atoms with Gasteiger partial charge in [0.1, 0.15) is 16.6 Å². The minimum Gasteiger partial charge on any atom is -0.505 e.